The first-order chi connectivity index (χ1) is 13.6. The zero-order valence-electron chi connectivity index (χ0n) is 16.4. The second-order valence-electron chi connectivity index (χ2n) is 9.67. The van der Waals surface area contributed by atoms with Crippen molar-refractivity contribution in [2.75, 3.05) is 19.6 Å². The van der Waals surface area contributed by atoms with E-state index in [9.17, 15) is 4.79 Å². The third kappa shape index (κ3) is 3.76. The van der Waals surface area contributed by atoms with Crippen molar-refractivity contribution in [3.8, 4) is 5.88 Å². The molecule has 1 saturated heterocycles. The van der Waals surface area contributed by atoms with Crippen LogP contribution in [0.2, 0.25) is 5.02 Å². The molecule has 1 amide bonds. The zero-order valence-corrected chi connectivity index (χ0v) is 17.1. The first-order valence-corrected chi connectivity index (χ1v) is 11.3. The molecule has 5 nitrogen and oxygen atoms in total. The Morgan fingerprint density at radius 2 is 1.82 bits per heavy atom. The number of nitrogens with zero attached hydrogens (tertiary/aromatic N) is 1. The molecule has 0 spiro atoms. The highest BCUT2D eigenvalue weighted by Crippen LogP contribution is 2.59. The van der Waals surface area contributed by atoms with Crippen LogP contribution in [-0.4, -0.2) is 36.6 Å². The Balaban J connectivity index is 1.24. The van der Waals surface area contributed by atoms with Gasteiger partial charge >= 0.3 is 0 Å². The van der Waals surface area contributed by atoms with Crippen LogP contribution in [0, 0.1) is 23.2 Å². The van der Waals surface area contributed by atoms with Crippen molar-refractivity contribution in [1.82, 2.24) is 15.6 Å². The van der Waals surface area contributed by atoms with E-state index < -0.39 is 0 Å². The van der Waals surface area contributed by atoms with Crippen molar-refractivity contribution >= 4 is 17.5 Å². The fourth-order valence-electron chi connectivity index (χ4n) is 6.61. The molecule has 4 aliphatic carbocycles. The molecule has 1 aromatic rings. The average Bonchev–Trinajstić information content (AvgIpc) is 2.67. The maximum Gasteiger partial charge on any atom is 0.253 e. The molecule has 1 aromatic heterocycles. The summed E-state index contributed by atoms with van der Waals surface area (Å²) in [7, 11) is 0. The molecule has 0 aromatic carbocycles. The van der Waals surface area contributed by atoms with Gasteiger partial charge in [0.15, 0.2) is 0 Å². The average molecular weight is 404 g/mol. The number of piperidine rings is 1. The largest absolute Gasteiger partial charge is 0.474 e. The Morgan fingerprint density at radius 1 is 1.18 bits per heavy atom. The number of hydrogen-bond donors (Lipinski definition) is 2. The van der Waals surface area contributed by atoms with Crippen LogP contribution in [0.25, 0.3) is 0 Å². The molecule has 4 bridgehead atoms. The van der Waals surface area contributed by atoms with E-state index in [-0.39, 0.29) is 12.0 Å². The van der Waals surface area contributed by atoms with Gasteiger partial charge in [0, 0.05) is 12.6 Å². The van der Waals surface area contributed by atoms with Crippen LogP contribution in [0.1, 0.15) is 61.7 Å². The van der Waals surface area contributed by atoms with Gasteiger partial charge in [-0.3, -0.25) is 4.79 Å². The Morgan fingerprint density at radius 3 is 2.46 bits per heavy atom. The van der Waals surface area contributed by atoms with Crippen molar-refractivity contribution in [3.63, 3.8) is 0 Å². The number of carbonyl (C=O) groups is 1. The summed E-state index contributed by atoms with van der Waals surface area (Å²) in [4.78, 5) is 17.2. The van der Waals surface area contributed by atoms with E-state index in [1.54, 1.807) is 6.07 Å². The molecule has 28 heavy (non-hydrogen) atoms. The van der Waals surface area contributed by atoms with Crippen molar-refractivity contribution < 1.29 is 9.53 Å². The monoisotopic (exact) mass is 403 g/mol. The van der Waals surface area contributed by atoms with Crippen molar-refractivity contribution in [2.45, 2.75) is 57.5 Å². The zero-order chi connectivity index (χ0) is 19.1. The van der Waals surface area contributed by atoms with Gasteiger partial charge in [0.05, 0.1) is 16.8 Å². The molecule has 5 aliphatic rings. The molecule has 2 heterocycles. The number of hydrogen-bond acceptors (Lipinski definition) is 4. The maximum absolute atomic E-state index is 12.9. The maximum atomic E-state index is 12.9. The summed E-state index contributed by atoms with van der Waals surface area (Å²) in [5.74, 6) is 3.06. The Bertz CT molecular complexity index is 712. The van der Waals surface area contributed by atoms with Crippen molar-refractivity contribution in [1.29, 1.82) is 0 Å². The minimum Gasteiger partial charge on any atom is -0.474 e. The molecule has 152 valence electrons. The van der Waals surface area contributed by atoms with Crippen LogP contribution in [0.5, 0.6) is 5.88 Å². The highest BCUT2D eigenvalue weighted by Gasteiger charge is 2.50. The van der Waals surface area contributed by atoms with E-state index in [0.29, 0.717) is 21.9 Å². The highest BCUT2D eigenvalue weighted by atomic mass is 35.5. The SMILES string of the molecule is O=C(NCC12CC3CC(CC(C3)C1)C2)c1cc(OC2CCNCC2)ncc1Cl. The van der Waals surface area contributed by atoms with Crippen LogP contribution in [0.15, 0.2) is 12.3 Å². The van der Waals surface area contributed by atoms with Crippen LogP contribution >= 0.6 is 11.6 Å². The van der Waals surface area contributed by atoms with Gasteiger partial charge in [-0.2, -0.15) is 0 Å². The topological polar surface area (TPSA) is 63.2 Å². The second-order valence-corrected chi connectivity index (χ2v) is 10.1. The summed E-state index contributed by atoms with van der Waals surface area (Å²) in [6.07, 6.45) is 11.7. The number of pyridine rings is 1. The van der Waals surface area contributed by atoms with Crippen molar-refractivity contribution in [2.24, 2.45) is 23.2 Å². The summed E-state index contributed by atoms with van der Waals surface area (Å²) in [5.41, 5.74) is 0.795. The molecule has 6 rings (SSSR count). The standard InChI is InChI=1S/C22H30ClN3O2/c23-19-12-25-20(28-17-1-3-24-4-2-17)8-18(19)21(27)26-13-22-9-14-5-15(10-22)7-16(6-14)11-22/h8,12,14-17,24H,1-7,9-11,13H2,(H,26,27). The van der Waals surface area contributed by atoms with Gasteiger partial charge in [-0.05, 0) is 87.6 Å². The van der Waals surface area contributed by atoms with Crippen LogP contribution < -0.4 is 15.4 Å². The van der Waals surface area contributed by atoms with Crippen LogP contribution in [0.4, 0.5) is 0 Å². The van der Waals surface area contributed by atoms with Gasteiger partial charge in [-0.1, -0.05) is 11.6 Å². The number of rotatable bonds is 5. The molecular weight excluding hydrogens is 374 g/mol. The van der Waals surface area contributed by atoms with E-state index in [1.165, 1.54) is 44.7 Å². The third-order valence-electron chi connectivity index (χ3n) is 7.44. The number of halogens is 1. The Labute approximate surface area is 172 Å². The lowest BCUT2D eigenvalue weighted by Crippen LogP contribution is -2.51. The summed E-state index contributed by atoms with van der Waals surface area (Å²) < 4.78 is 5.99. The number of aromatic nitrogens is 1. The van der Waals surface area contributed by atoms with E-state index in [0.717, 1.165) is 50.2 Å². The highest BCUT2D eigenvalue weighted by molar-refractivity contribution is 6.33. The van der Waals surface area contributed by atoms with Crippen LogP contribution in [0.3, 0.4) is 0 Å². The van der Waals surface area contributed by atoms with Crippen LogP contribution in [-0.2, 0) is 0 Å². The molecule has 5 fully saturated rings. The Kier molecular flexibility index (Phi) is 5.00. The summed E-state index contributed by atoms with van der Waals surface area (Å²) in [5, 5.41) is 6.92. The lowest BCUT2D eigenvalue weighted by molar-refractivity contribution is -0.0503. The number of carbonyl (C=O) groups excluding carboxylic acids is 1. The van der Waals surface area contributed by atoms with E-state index in [2.05, 4.69) is 15.6 Å². The fourth-order valence-corrected chi connectivity index (χ4v) is 6.80. The minimum absolute atomic E-state index is 0.0988. The lowest BCUT2D eigenvalue weighted by Gasteiger charge is -2.56. The third-order valence-corrected chi connectivity index (χ3v) is 7.74. The predicted octanol–water partition coefficient (Wildman–Crippen LogP) is 3.81. The summed E-state index contributed by atoms with van der Waals surface area (Å²) >= 11 is 6.30. The molecule has 6 heteroatoms. The second kappa shape index (κ2) is 7.49. The molecule has 0 radical (unpaired) electrons. The number of amides is 1. The van der Waals surface area contributed by atoms with Gasteiger partial charge in [-0.25, -0.2) is 4.98 Å². The van der Waals surface area contributed by atoms with Gasteiger partial charge in [-0.15, -0.1) is 0 Å². The Hall–Kier alpha value is -1.33. The summed E-state index contributed by atoms with van der Waals surface area (Å²) in [6.45, 7) is 2.69. The van der Waals surface area contributed by atoms with Gasteiger partial charge < -0.3 is 15.4 Å². The minimum atomic E-state index is -0.0988. The van der Waals surface area contributed by atoms with Gasteiger partial charge in [0.2, 0.25) is 5.88 Å². The normalized spacial score (nSPS) is 34.4. The first kappa shape index (κ1) is 18.7. The smallest absolute Gasteiger partial charge is 0.253 e. The fraction of sp³-hybridized carbons (Fsp3) is 0.727. The van der Waals surface area contributed by atoms with E-state index >= 15 is 0 Å². The lowest BCUT2D eigenvalue weighted by atomic mass is 9.49. The number of nitrogens with one attached hydrogen (secondary N) is 2. The first-order valence-electron chi connectivity index (χ1n) is 10.9. The molecule has 0 unspecified atom stereocenters. The van der Waals surface area contributed by atoms with E-state index in [1.807, 2.05) is 0 Å². The molecular formula is C22H30ClN3O2. The molecule has 4 saturated carbocycles. The van der Waals surface area contributed by atoms with Gasteiger partial charge in [0.25, 0.3) is 5.91 Å². The number of ether oxygens (including phenoxy) is 1. The van der Waals surface area contributed by atoms with Crippen molar-refractivity contribution in [3.05, 3.63) is 22.8 Å². The summed E-state index contributed by atoms with van der Waals surface area (Å²) in [6, 6.07) is 1.71. The molecule has 2 N–H and O–H groups in total. The van der Waals surface area contributed by atoms with Gasteiger partial charge in [0.1, 0.15) is 6.10 Å². The quantitative estimate of drug-likeness (QED) is 0.784. The predicted molar refractivity (Wildman–Crippen MR) is 109 cm³/mol. The molecule has 1 aliphatic heterocycles. The molecule has 0 atom stereocenters. The van der Waals surface area contributed by atoms with E-state index in [4.69, 9.17) is 16.3 Å².